The number of carbonyl (C=O) groups excluding carboxylic acids is 2. The van der Waals surface area contributed by atoms with Crippen molar-refractivity contribution in [3.8, 4) is 0 Å². The maximum absolute atomic E-state index is 13.3. The van der Waals surface area contributed by atoms with Gasteiger partial charge in [-0.2, -0.15) is 0 Å². The lowest BCUT2D eigenvalue weighted by atomic mass is 9.95. The van der Waals surface area contributed by atoms with Gasteiger partial charge in [-0.25, -0.2) is 0 Å². The Kier molecular flexibility index (Phi) is 6.91. The second kappa shape index (κ2) is 10.3. The van der Waals surface area contributed by atoms with Crippen molar-refractivity contribution in [1.29, 1.82) is 0 Å². The molecule has 1 saturated heterocycles. The van der Waals surface area contributed by atoms with Crippen molar-refractivity contribution in [2.75, 3.05) is 4.90 Å². The minimum absolute atomic E-state index is 0.00224. The number of nitrogens with zero attached hydrogens (tertiary/aromatic N) is 3. The van der Waals surface area contributed by atoms with Gasteiger partial charge >= 0.3 is 5.91 Å². The number of ketones is 1. The standard InChI is InChI=1S/C27H20ClN3O3S2/c1-16-7-9-17(10-8-16)15-35-27-30-29-26(36-27)31-22(18-5-3-2-4-6-18)21(24(33)25(31)34)23(32)19-11-13-20(28)14-12-19/h2-14,22,32H,15H2,1H3/b23-21-. The Morgan fingerprint density at radius 2 is 1.69 bits per heavy atom. The van der Waals surface area contributed by atoms with Gasteiger partial charge in [0.05, 0.1) is 11.6 Å². The quantitative estimate of drug-likeness (QED) is 0.101. The first-order chi connectivity index (χ1) is 17.4. The fourth-order valence-electron chi connectivity index (χ4n) is 3.93. The Morgan fingerprint density at radius 1 is 1.00 bits per heavy atom. The minimum Gasteiger partial charge on any atom is -0.507 e. The predicted molar refractivity (Wildman–Crippen MR) is 143 cm³/mol. The van der Waals surface area contributed by atoms with Crippen molar-refractivity contribution >= 4 is 57.3 Å². The van der Waals surface area contributed by atoms with Crippen LogP contribution in [-0.2, 0) is 15.3 Å². The SMILES string of the molecule is Cc1ccc(CSc2nnc(N3C(=O)C(=O)/C(=C(\O)c4ccc(Cl)cc4)C3c3ccccc3)s2)cc1. The molecular formula is C27H20ClN3O3S2. The highest BCUT2D eigenvalue weighted by Gasteiger charge is 2.48. The summed E-state index contributed by atoms with van der Waals surface area (Å²) in [6.07, 6.45) is 0. The van der Waals surface area contributed by atoms with Crippen LogP contribution in [-0.4, -0.2) is 27.0 Å². The molecule has 1 aliphatic heterocycles. The molecule has 1 N–H and O–H groups in total. The van der Waals surface area contributed by atoms with Crippen molar-refractivity contribution in [3.63, 3.8) is 0 Å². The Bertz CT molecular complexity index is 1450. The van der Waals surface area contributed by atoms with Gasteiger partial charge in [0.15, 0.2) is 4.34 Å². The molecule has 1 amide bonds. The molecule has 9 heteroatoms. The summed E-state index contributed by atoms with van der Waals surface area (Å²) in [5.41, 5.74) is 3.41. The number of aliphatic hydroxyl groups is 1. The minimum atomic E-state index is -0.843. The molecule has 1 atom stereocenters. The highest BCUT2D eigenvalue weighted by atomic mass is 35.5. The lowest BCUT2D eigenvalue weighted by Gasteiger charge is -2.22. The highest BCUT2D eigenvalue weighted by molar-refractivity contribution is 8.00. The van der Waals surface area contributed by atoms with E-state index in [1.807, 2.05) is 37.3 Å². The van der Waals surface area contributed by atoms with Crippen LogP contribution in [0.4, 0.5) is 5.13 Å². The third kappa shape index (κ3) is 4.80. The van der Waals surface area contributed by atoms with Gasteiger partial charge in [-0.05, 0) is 42.3 Å². The van der Waals surface area contributed by atoms with E-state index in [-0.39, 0.29) is 11.3 Å². The first-order valence-corrected chi connectivity index (χ1v) is 13.2. The van der Waals surface area contributed by atoms with Crippen LogP contribution >= 0.6 is 34.7 Å². The number of aliphatic hydroxyl groups excluding tert-OH is 1. The van der Waals surface area contributed by atoms with Crippen molar-refractivity contribution in [2.24, 2.45) is 0 Å². The molecule has 0 aliphatic carbocycles. The second-order valence-corrected chi connectivity index (χ2v) is 10.8. The van der Waals surface area contributed by atoms with E-state index in [4.69, 9.17) is 11.6 Å². The number of carbonyl (C=O) groups is 2. The number of aromatic nitrogens is 2. The maximum Gasteiger partial charge on any atom is 0.301 e. The van der Waals surface area contributed by atoms with Crippen LogP contribution in [0.2, 0.25) is 5.02 Å². The van der Waals surface area contributed by atoms with E-state index in [0.717, 1.165) is 5.56 Å². The van der Waals surface area contributed by atoms with Gasteiger partial charge in [0, 0.05) is 16.3 Å². The average Bonchev–Trinajstić information content (AvgIpc) is 3.46. The molecule has 0 saturated carbocycles. The van der Waals surface area contributed by atoms with Crippen LogP contribution < -0.4 is 4.90 Å². The lowest BCUT2D eigenvalue weighted by Crippen LogP contribution is -2.29. The fraction of sp³-hybridized carbons (Fsp3) is 0.111. The number of hydrogen-bond acceptors (Lipinski definition) is 7. The molecule has 0 spiro atoms. The molecule has 5 rings (SSSR count). The summed E-state index contributed by atoms with van der Waals surface area (Å²) in [4.78, 5) is 27.8. The summed E-state index contributed by atoms with van der Waals surface area (Å²) in [5.74, 6) is -1.10. The van der Waals surface area contributed by atoms with Crippen molar-refractivity contribution in [2.45, 2.75) is 23.1 Å². The molecule has 6 nitrogen and oxygen atoms in total. The summed E-state index contributed by atoms with van der Waals surface area (Å²) in [5, 5.41) is 20.4. The van der Waals surface area contributed by atoms with E-state index in [1.54, 1.807) is 24.3 Å². The van der Waals surface area contributed by atoms with Crippen LogP contribution in [0.1, 0.15) is 28.3 Å². The Labute approximate surface area is 221 Å². The number of Topliss-reactive ketones (excluding diaryl/α,β-unsaturated/α-hetero) is 1. The van der Waals surface area contributed by atoms with E-state index >= 15 is 0 Å². The lowest BCUT2D eigenvalue weighted by molar-refractivity contribution is -0.132. The molecule has 1 aliphatic rings. The summed E-state index contributed by atoms with van der Waals surface area (Å²) in [6.45, 7) is 2.04. The zero-order valence-electron chi connectivity index (χ0n) is 19.1. The molecule has 2 heterocycles. The third-order valence-electron chi connectivity index (χ3n) is 5.76. The van der Waals surface area contributed by atoms with E-state index in [9.17, 15) is 14.7 Å². The predicted octanol–water partition coefficient (Wildman–Crippen LogP) is 6.42. The van der Waals surface area contributed by atoms with Crippen molar-refractivity contribution in [3.05, 3.63) is 112 Å². The maximum atomic E-state index is 13.3. The Hall–Kier alpha value is -3.46. The number of aryl methyl sites for hydroxylation is 1. The van der Waals surface area contributed by atoms with Gasteiger partial charge in [0.2, 0.25) is 5.13 Å². The van der Waals surface area contributed by atoms with Crippen LogP contribution in [0.3, 0.4) is 0 Å². The molecule has 4 aromatic rings. The first kappa shape index (κ1) is 24.2. The largest absolute Gasteiger partial charge is 0.507 e. The molecule has 0 radical (unpaired) electrons. The van der Waals surface area contributed by atoms with Gasteiger partial charge in [-0.3, -0.25) is 14.5 Å². The van der Waals surface area contributed by atoms with Crippen LogP contribution in [0.25, 0.3) is 5.76 Å². The van der Waals surface area contributed by atoms with Gasteiger partial charge in [-0.1, -0.05) is 94.9 Å². The molecule has 1 aromatic heterocycles. The first-order valence-electron chi connectivity index (χ1n) is 11.1. The Balaban J connectivity index is 1.51. The van der Waals surface area contributed by atoms with Crippen LogP contribution in [0.15, 0.2) is 88.8 Å². The van der Waals surface area contributed by atoms with E-state index in [1.165, 1.54) is 33.6 Å². The normalized spacial score (nSPS) is 17.1. The molecular weight excluding hydrogens is 514 g/mol. The molecule has 3 aromatic carbocycles. The zero-order valence-corrected chi connectivity index (χ0v) is 21.5. The molecule has 1 fully saturated rings. The number of hydrogen-bond donors (Lipinski definition) is 1. The van der Waals surface area contributed by atoms with E-state index in [0.29, 0.717) is 31.4 Å². The fourth-order valence-corrected chi connectivity index (χ4v) is 5.88. The number of anilines is 1. The average molecular weight is 534 g/mol. The van der Waals surface area contributed by atoms with Crippen LogP contribution in [0.5, 0.6) is 0 Å². The smallest absolute Gasteiger partial charge is 0.301 e. The summed E-state index contributed by atoms with van der Waals surface area (Å²) in [6, 6.07) is 23.0. The topological polar surface area (TPSA) is 83.4 Å². The van der Waals surface area contributed by atoms with Crippen molar-refractivity contribution < 1.29 is 14.7 Å². The van der Waals surface area contributed by atoms with Gasteiger partial charge in [0.25, 0.3) is 5.78 Å². The number of thioether (sulfide) groups is 1. The summed E-state index contributed by atoms with van der Waals surface area (Å²) >= 11 is 8.74. The van der Waals surface area contributed by atoms with E-state index in [2.05, 4.69) is 34.5 Å². The molecule has 0 bridgehead atoms. The number of amides is 1. The third-order valence-corrected chi connectivity index (χ3v) is 8.14. The Morgan fingerprint density at radius 3 is 2.39 bits per heavy atom. The van der Waals surface area contributed by atoms with Gasteiger partial charge < -0.3 is 5.11 Å². The summed E-state index contributed by atoms with van der Waals surface area (Å²) < 4.78 is 0.678. The number of halogens is 1. The molecule has 180 valence electrons. The van der Waals surface area contributed by atoms with Crippen LogP contribution in [0, 0.1) is 6.92 Å². The number of benzene rings is 3. The summed E-state index contributed by atoms with van der Waals surface area (Å²) in [7, 11) is 0. The number of rotatable bonds is 6. The molecule has 36 heavy (non-hydrogen) atoms. The second-order valence-electron chi connectivity index (χ2n) is 8.21. The monoisotopic (exact) mass is 533 g/mol. The van der Waals surface area contributed by atoms with Gasteiger partial charge in [-0.15, -0.1) is 10.2 Å². The van der Waals surface area contributed by atoms with E-state index < -0.39 is 17.7 Å². The zero-order chi connectivity index (χ0) is 25.2. The van der Waals surface area contributed by atoms with Crippen molar-refractivity contribution in [1.82, 2.24) is 10.2 Å². The molecule has 1 unspecified atom stereocenters. The van der Waals surface area contributed by atoms with Gasteiger partial charge in [0.1, 0.15) is 5.76 Å². The highest BCUT2D eigenvalue weighted by Crippen LogP contribution is 2.44.